The molecule has 9 heavy (non-hydrogen) atoms. The van der Waals surface area contributed by atoms with Gasteiger partial charge in [0.15, 0.2) is 0 Å². The minimum atomic E-state index is 0.182. The van der Waals surface area contributed by atoms with Crippen LogP contribution in [0.1, 0.15) is 26.7 Å². The van der Waals surface area contributed by atoms with Crippen LogP contribution < -0.4 is 0 Å². The maximum absolute atomic E-state index is 9.90. The van der Waals surface area contributed by atoms with Gasteiger partial charge >= 0.3 is 0 Å². The Morgan fingerprint density at radius 1 is 1.56 bits per heavy atom. The number of hydrogen-bond donors (Lipinski definition) is 0. The van der Waals surface area contributed by atoms with E-state index in [1.165, 1.54) is 12.8 Å². The Bertz CT molecular complexity index is 116. The predicted octanol–water partition coefficient (Wildman–Crippen LogP) is 2.19. The van der Waals surface area contributed by atoms with Crippen molar-refractivity contribution in [1.82, 2.24) is 0 Å². The van der Waals surface area contributed by atoms with E-state index in [2.05, 4.69) is 19.0 Å². The van der Waals surface area contributed by atoms with Crippen LogP contribution in [0.5, 0.6) is 0 Å². The summed E-state index contributed by atoms with van der Waals surface area (Å²) in [7, 11) is 0. The maximum Gasteiger partial charge on any atom is 0.0864 e. The first-order valence-corrected chi connectivity index (χ1v) is 3.46. The molecule has 1 saturated carbocycles. The second kappa shape index (κ2) is 2.09. The maximum atomic E-state index is 9.90. The SMILES string of the molecule is CC(C)(CN=O)C1CC1. The molecule has 1 fully saturated rings. The molecular formula is C7H13NO. The van der Waals surface area contributed by atoms with Gasteiger partial charge in [0.2, 0.25) is 0 Å². The van der Waals surface area contributed by atoms with Crippen LogP contribution in [0.4, 0.5) is 0 Å². The summed E-state index contributed by atoms with van der Waals surface area (Å²) in [6.45, 7) is 4.72. The summed E-state index contributed by atoms with van der Waals surface area (Å²) < 4.78 is 0. The molecule has 0 unspecified atom stereocenters. The average molecular weight is 127 g/mol. The quantitative estimate of drug-likeness (QED) is 0.534. The molecule has 1 aliphatic rings. The lowest BCUT2D eigenvalue weighted by Gasteiger charge is -2.18. The predicted molar refractivity (Wildman–Crippen MR) is 37.2 cm³/mol. The Balaban J connectivity index is 2.38. The molecule has 0 aromatic carbocycles. The standard InChI is InChI=1S/C7H13NO/c1-7(2,5-8-9)6-3-4-6/h6H,3-5H2,1-2H3. The van der Waals surface area contributed by atoms with Crippen molar-refractivity contribution in [3.63, 3.8) is 0 Å². The summed E-state index contributed by atoms with van der Waals surface area (Å²) in [5.41, 5.74) is 0.182. The van der Waals surface area contributed by atoms with Crippen molar-refractivity contribution < 1.29 is 0 Å². The van der Waals surface area contributed by atoms with Gasteiger partial charge < -0.3 is 0 Å². The first-order valence-electron chi connectivity index (χ1n) is 3.46. The van der Waals surface area contributed by atoms with E-state index >= 15 is 0 Å². The topological polar surface area (TPSA) is 29.4 Å². The highest BCUT2D eigenvalue weighted by atomic mass is 16.3. The highest BCUT2D eigenvalue weighted by molar-refractivity contribution is 4.88. The molecule has 2 heteroatoms. The molecule has 1 aliphatic carbocycles. The molecule has 0 amide bonds. The van der Waals surface area contributed by atoms with Crippen LogP contribution in [-0.2, 0) is 0 Å². The lowest BCUT2D eigenvalue weighted by Crippen LogP contribution is -2.17. The first kappa shape index (κ1) is 6.72. The smallest absolute Gasteiger partial charge is 0.0864 e. The van der Waals surface area contributed by atoms with Gasteiger partial charge in [-0.3, -0.25) is 0 Å². The molecule has 0 radical (unpaired) electrons. The lowest BCUT2D eigenvalue weighted by molar-refractivity contribution is 0.322. The van der Waals surface area contributed by atoms with Gasteiger partial charge in [-0.2, -0.15) is 4.91 Å². The molecule has 0 aliphatic heterocycles. The molecule has 0 bridgehead atoms. The third-order valence-corrected chi connectivity index (χ3v) is 2.15. The van der Waals surface area contributed by atoms with Crippen LogP contribution in [0.15, 0.2) is 5.18 Å². The molecule has 1 rings (SSSR count). The normalized spacial score (nSPS) is 19.8. The van der Waals surface area contributed by atoms with Gasteiger partial charge in [0.05, 0.1) is 6.54 Å². The van der Waals surface area contributed by atoms with E-state index in [1.54, 1.807) is 0 Å². The fourth-order valence-corrected chi connectivity index (χ4v) is 1.16. The highest BCUT2D eigenvalue weighted by Crippen LogP contribution is 2.45. The summed E-state index contributed by atoms with van der Waals surface area (Å²) in [5.74, 6) is 0.773. The molecule has 52 valence electrons. The molecule has 0 atom stereocenters. The zero-order valence-corrected chi connectivity index (χ0v) is 6.05. The van der Waals surface area contributed by atoms with Crippen molar-refractivity contribution in [2.24, 2.45) is 16.5 Å². The molecule has 0 saturated heterocycles. The fourth-order valence-electron chi connectivity index (χ4n) is 1.16. The largest absolute Gasteiger partial charge is 0.151 e. The molecule has 0 heterocycles. The van der Waals surface area contributed by atoms with Crippen molar-refractivity contribution in [3.8, 4) is 0 Å². The van der Waals surface area contributed by atoms with Gasteiger partial charge in [0.25, 0.3) is 0 Å². The van der Waals surface area contributed by atoms with E-state index in [1.807, 2.05) is 0 Å². The Morgan fingerprint density at radius 2 is 2.11 bits per heavy atom. The zero-order chi connectivity index (χ0) is 6.91. The molecule has 2 nitrogen and oxygen atoms in total. The summed E-state index contributed by atoms with van der Waals surface area (Å²) in [6, 6.07) is 0. The van der Waals surface area contributed by atoms with Gasteiger partial charge in [0.1, 0.15) is 0 Å². The van der Waals surface area contributed by atoms with Crippen molar-refractivity contribution in [1.29, 1.82) is 0 Å². The van der Waals surface area contributed by atoms with Crippen molar-refractivity contribution in [3.05, 3.63) is 4.91 Å². The van der Waals surface area contributed by atoms with Crippen LogP contribution in [0.3, 0.4) is 0 Å². The van der Waals surface area contributed by atoms with E-state index in [-0.39, 0.29) is 5.41 Å². The number of rotatable bonds is 3. The molecule has 0 spiro atoms. The van der Waals surface area contributed by atoms with Crippen molar-refractivity contribution in [2.75, 3.05) is 6.54 Å². The second-order valence-electron chi connectivity index (χ2n) is 3.55. The Morgan fingerprint density at radius 3 is 2.44 bits per heavy atom. The van der Waals surface area contributed by atoms with Gasteiger partial charge in [0, 0.05) is 0 Å². The van der Waals surface area contributed by atoms with Gasteiger partial charge in [-0.25, -0.2) is 0 Å². The Kier molecular flexibility index (Phi) is 1.56. The van der Waals surface area contributed by atoms with E-state index in [0.717, 1.165) is 5.92 Å². The van der Waals surface area contributed by atoms with Crippen LogP contribution in [0.25, 0.3) is 0 Å². The zero-order valence-electron chi connectivity index (χ0n) is 6.05. The molecule has 0 aromatic heterocycles. The Labute approximate surface area is 55.6 Å². The van der Waals surface area contributed by atoms with Gasteiger partial charge in [-0.05, 0) is 24.2 Å². The Hall–Kier alpha value is -0.400. The fraction of sp³-hybridized carbons (Fsp3) is 1.00. The third-order valence-electron chi connectivity index (χ3n) is 2.15. The monoisotopic (exact) mass is 127 g/mol. The summed E-state index contributed by atoms with van der Waals surface area (Å²) >= 11 is 0. The molecular weight excluding hydrogens is 114 g/mol. The van der Waals surface area contributed by atoms with Crippen LogP contribution in [0.2, 0.25) is 0 Å². The summed E-state index contributed by atoms with van der Waals surface area (Å²) in [6.07, 6.45) is 2.59. The minimum absolute atomic E-state index is 0.182. The second-order valence-corrected chi connectivity index (χ2v) is 3.55. The number of nitrogens with zero attached hydrogens (tertiary/aromatic N) is 1. The molecule has 0 N–H and O–H groups in total. The van der Waals surface area contributed by atoms with Crippen molar-refractivity contribution in [2.45, 2.75) is 26.7 Å². The van der Waals surface area contributed by atoms with E-state index < -0.39 is 0 Å². The van der Waals surface area contributed by atoms with Crippen molar-refractivity contribution >= 4 is 0 Å². The van der Waals surface area contributed by atoms with Crippen LogP contribution in [0, 0.1) is 16.2 Å². The van der Waals surface area contributed by atoms with Crippen LogP contribution in [-0.4, -0.2) is 6.54 Å². The summed E-state index contributed by atoms with van der Waals surface area (Å²) in [5, 5.41) is 2.92. The van der Waals surface area contributed by atoms with E-state index in [4.69, 9.17) is 0 Å². The van der Waals surface area contributed by atoms with Gasteiger partial charge in [-0.1, -0.05) is 19.0 Å². The first-order chi connectivity index (χ1) is 4.17. The molecule has 0 aromatic rings. The average Bonchev–Trinajstić information content (AvgIpc) is 2.41. The number of nitroso groups, excluding NO2 is 1. The minimum Gasteiger partial charge on any atom is -0.151 e. The van der Waals surface area contributed by atoms with E-state index in [9.17, 15) is 4.91 Å². The van der Waals surface area contributed by atoms with E-state index in [0.29, 0.717) is 6.54 Å². The number of hydrogen-bond acceptors (Lipinski definition) is 2. The summed E-state index contributed by atoms with van der Waals surface area (Å²) in [4.78, 5) is 9.90. The third kappa shape index (κ3) is 1.50. The van der Waals surface area contributed by atoms with Gasteiger partial charge in [-0.15, -0.1) is 0 Å². The highest BCUT2D eigenvalue weighted by Gasteiger charge is 2.37. The van der Waals surface area contributed by atoms with Crippen LogP contribution >= 0.6 is 0 Å². The lowest BCUT2D eigenvalue weighted by atomic mass is 9.88.